The van der Waals surface area contributed by atoms with Gasteiger partial charge in [-0.15, -0.1) is 0 Å². The number of aliphatic hydroxyl groups is 1. The molecule has 0 radical (unpaired) electrons. The Morgan fingerprint density at radius 3 is 2.67 bits per heavy atom. The van der Waals surface area contributed by atoms with E-state index in [1.165, 1.54) is 6.92 Å². The molecule has 0 aromatic rings. The summed E-state index contributed by atoms with van der Waals surface area (Å²) in [6.45, 7) is 1.40. The highest BCUT2D eigenvalue weighted by Crippen LogP contribution is 1.91. The molecule has 0 saturated carbocycles. The highest BCUT2D eigenvalue weighted by molar-refractivity contribution is 5.83. The Hall–Kier alpha value is -0.700. The lowest BCUT2D eigenvalue weighted by molar-refractivity contribution is -0.127. The van der Waals surface area contributed by atoms with Gasteiger partial charge >= 0.3 is 0 Å². The molecule has 0 saturated heterocycles. The molecular weight excluding hydrogens is 120 g/mol. The molecule has 0 rings (SSSR count). The molecule has 1 N–H and O–H groups in total. The van der Waals surface area contributed by atoms with Gasteiger partial charge in [-0.2, -0.15) is 0 Å². The van der Waals surface area contributed by atoms with E-state index in [9.17, 15) is 9.59 Å². The normalized spacial score (nSPS) is 12.7. The van der Waals surface area contributed by atoms with Gasteiger partial charge in [0.2, 0.25) is 0 Å². The molecule has 0 aliphatic carbocycles. The van der Waals surface area contributed by atoms with E-state index in [1.54, 1.807) is 0 Å². The average molecular weight is 130 g/mol. The van der Waals surface area contributed by atoms with E-state index in [1.807, 2.05) is 0 Å². The molecular formula is C6H10O3. The van der Waals surface area contributed by atoms with Crippen LogP contribution in [0.3, 0.4) is 0 Å². The maximum Gasteiger partial charge on any atom is 0.161 e. The van der Waals surface area contributed by atoms with Gasteiger partial charge in [0.1, 0.15) is 12.4 Å². The smallest absolute Gasteiger partial charge is 0.161 e. The number of hydrogen-bond acceptors (Lipinski definition) is 3. The highest BCUT2D eigenvalue weighted by Gasteiger charge is 2.06. The van der Waals surface area contributed by atoms with Crippen LogP contribution in [0.15, 0.2) is 0 Å². The molecule has 0 heterocycles. The van der Waals surface area contributed by atoms with E-state index in [0.29, 0.717) is 6.29 Å². The first kappa shape index (κ1) is 8.30. The number of ketones is 1. The minimum absolute atomic E-state index is 0.154. The predicted octanol–water partition coefficient (Wildman–Crippen LogP) is -0.0846. The van der Waals surface area contributed by atoms with Crippen molar-refractivity contribution < 1.29 is 14.7 Å². The van der Waals surface area contributed by atoms with Crippen LogP contribution in [-0.4, -0.2) is 23.3 Å². The summed E-state index contributed by atoms with van der Waals surface area (Å²) in [7, 11) is 0. The third-order valence-electron chi connectivity index (χ3n) is 0.975. The molecule has 3 heteroatoms. The maximum absolute atomic E-state index is 10.5. The zero-order chi connectivity index (χ0) is 7.28. The van der Waals surface area contributed by atoms with Gasteiger partial charge in [0.05, 0.1) is 0 Å². The minimum Gasteiger partial charge on any atom is -0.386 e. The van der Waals surface area contributed by atoms with Crippen molar-refractivity contribution in [2.75, 3.05) is 0 Å². The number of Topliss-reactive ketones (excluding diaryl/α,β-unsaturated/α-hetero) is 1. The molecule has 0 amide bonds. The van der Waals surface area contributed by atoms with Crippen molar-refractivity contribution in [2.45, 2.75) is 25.9 Å². The Balaban J connectivity index is 3.38. The number of aldehydes is 1. The van der Waals surface area contributed by atoms with Crippen molar-refractivity contribution in [3.8, 4) is 0 Å². The zero-order valence-corrected chi connectivity index (χ0v) is 5.33. The van der Waals surface area contributed by atoms with Crippen LogP contribution in [0, 0.1) is 0 Å². The van der Waals surface area contributed by atoms with Crippen LogP contribution >= 0.6 is 0 Å². The van der Waals surface area contributed by atoms with Crippen LogP contribution in [-0.2, 0) is 9.59 Å². The summed E-state index contributed by atoms with van der Waals surface area (Å²) in [6.07, 6.45) is 0.107. The predicted molar refractivity (Wildman–Crippen MR) is 32.0 cm³/mol. The number of rotatable bonds is 4. The van der Waals surface area contributed by atoms with Gasteiger partial charge in [0.25, 0.3) is 0 Å². The van der Waals surface area contributed by atoms with Gasteiger partial charge in [-0.05, 0) is 6.92 Å². The molecule has 0 spiro atoms. The largest absolute Gasteiger partial charge is 0.386 e. The van der Waals surface area contributed by atoms with Crippen LogP contribution in [0.25, 0.3) is 0 Å². The molecule has 52 valence electrons. The first-order valence-electron chi connectivity index (χ1n) is 2.83. The standard InChI is InChI=1S/C6H10O3/c1-5(8)6(9)3-2-4-7/h4-5,8H,2-3H2,1H3/t5-/m0/s1. The third-order valence-corrected chi connectivity index (χ3v) is 0.975. The fourth-order valence-electron chi connectivity index (χ4n) is 0.410. The first-order valence-corrected chi connectivity index (χ1v) is 2.83. The van der Waals surface area contributed by atoms with Crippen LogP contribution in [0.5, 0.6) is 0 Å². The summed E-state index contributed by atoms with van der Waals surface area (Å²) in [5.41, 5.74) is 0. The Bertz CT molecular complexity index is 107. The summed E-state index contributed by atoms with van der Waals surface area (Å²) in [6, 6.07) is 0. The van der Waals surface area contributed by atoms with Crippen molar-refractivity contribution in [1.82, 2.24) is 0 Å². The van der Waals surface area contributed by atoms with Gasteiger partial charge in [-0.3, -0.25) is 4.79 Å². The molecule has 9 heavy (non-hydrogen) atoms. The highest BCUT2D eigenvalue weighted by atomic mass is 16.3. The van der Waals surface area contributed by atoms with E-state index >= 15 is 0 Å². The monoisotopic (exact) mass is 130 g/mol. The quantitative estimate of drug-likeness (QED) is 0.541. The molecule has 0 aliphatic heterocycles. The van der Waals surface area contributed by atoms with E-state index < -0.39 is 6.10 Å². The van der Waals surface area contributed by atoms with E-state index in [2.05, 4.69) is 0 Å². The Morgan fingerprint density at radius 2 is 2.33 bits per heavy atom. The minimum atomic E-state index is -0.926. The second kappa shape index (κ2) is 4.21. The summed E-state index contributed by atoms with van der Waals surface area (Å²) in [5.74, 6) is -0.276. The van der Waals surface area contributed by atoms with E-state index in [0.717, 1.165) is 0 Å². The van der Waals surface area contributed by atoms with Gasteiger partial charge < -0.3 is 9.90 Å². The lowest BCUT2D eigenvalue weighted by Gasteiger charge is -1.97. The lowest BCUT2D eigenvalue weighted by Crippen LogP contribution is -2.15. The third kappa shape index (κ3) is 3.85. The average Bonchev–Trinajstić information content (AvgIpc) is 1.82. The summed E-state index contributed by atoms with van der Waals surface area (Å²) in [5, 5.41) is 8.58. The van der Waals surface area contributed by atoms with Gasteiger partial charge in [-0.1, -0.05) is 0 Å². The molecule has 3 nitrogen and oxygen atoms in total. The lowest BCUT2D eigenvalue weighted by atomic mass is 10.1. The van der Waals surface area contributed by atoms with E-state index in [-0.39, 0.29) is 18.6 Å². The number of carbonyl (C=O) groups is 2. The Labute approximate surface area is 53.7 Å². The number of carbonyl (C=O) groups excluding carboxylic acids is 2. The van der Waals surface area contributed by atoms with Crippen molar-refractivity contribution in [2.24, 2.45) is 0 Å². The topological polar surface area (TPSA) is 54.4 Å². The Morgan fingerprint density at radius 1 is 1.78 bits per heavy atom. The first-order chi connectivity index (χ1) is 4.18. The van der Waals surface area contributed by atoms with E-state index in [4.69, 9.17) is 5.11 Å². The van der Waals surface area contributed by atoms with Crippen LogP contribution in [0.1, 0.15) is 19.8 Å². The number of hydrogen-bond donors (Lipinski definition) is 1. The van der Waals surface area contributed by atoms with Gasteiger partial charge in [0.15, 0.2) is 5.78 Å². The maximum atomic E-state index is 10.5. The van der Waals surface area contributed by atoms with Crippen LogP contribution in [0.4, 0.5) is 0 Å². The van der Waals surface area contributed by atoms with Crippen LogP contribution < -0.4 is 0 Å². The molecule has 0 aromatic heterocycles. The van der Waals surface area contributed by atoms with Gasteiger partial charge in [0, 0.05) is 12.8 Å². The SMILES string of the molecule is C[C@H](O)C(=O)CCC=O. The van der Waals surface area contributed by atoms with Crippen molar-refractivity contribution in [3.05, 3.63) is 0 Å². The van der Waals surface area contributed by atoms with Crippen molar-refractivity contribution in [3.63, 3.8) is 0 Å². The van der Waals surface area contributed by atoms with Crippen molar-refractivity contribution in [1.29, 1.82) is 0 Å². The summed E-state index contributed by atoms with van der Waals surface area (Å²) in [4.78, 5) is 20.2. The Kier molecular flexibility index (Phi) is 3.88. The molecule has 1 atom stereocenters. The zero-order valence-electron chi connectivity index (χ0n) is 5.33. The molecule has 0 unspecified atom stereocenters. The van der Waals surface area contributed by atoms with Gasteiger partial charge in [-0.25, -0.2) is 0 Å². The molecule has 0 aromatic carbocycles. The fourth-order valence-corrected chi connectivity index (χ4v) is 0.410. The second-order valence-corrected chi connectivity index (χ2v) is 1.85. The second-order valence-electron chi connectivity index (χ2n) is 1.85. The number of aliphatic hydroxyl groups excluding tert-OH is 1. The van der Waals surface area contributed by atoms with Crippen molar-refractivity contribution >= 4 is 12.1 Å². The fraction of sp³-hybridized carbons (Fsp3) is 0.667. The summed E-state index contributed by atoms with van der Waals surface area (Å²) >= 11 is 0. The van der Waals surface area contributed by atoms with Crippen LogP contribution in [0.2, 0.25) is 0 Å². The molecule has 0 fully saturated rings. The summed E-state index contributed by atoms with van der Waals surface area (Å²) < 4.78 is 0. The molecule has 0 aliphatic rings. The molecule has 0 bridgehead atoms.